The Morgan fingerprint density at radius 3 is 1.55 bits per heavy atom. The number of carbonyl (C=O) groups excluding carboxylic acids is 2. The molecule has 148 valence electrons. The van der Waals surface area contributed by atoms with Crippen molar-refractivity contribution in [3.63, 3.8) is 0 Å². The standard InChI is InChI=1S/C22H17BrO6/c1-26-15-4-8-17(9-5-15)28-21(24)14-3-12-19(20(23)13-14)22(25)29-18-10-6-16(27-2)7-11-18/h3-13H,1-2H3. The fraction of sp³-hybridized carbons (Fsp3) is 0.0909. The van der Waals surface area contributed by atoms with E-state index in [1.165, 1.54) is 18.2 Å². The Bertz CT molecular complexity index is 1010. The summed E-state index contributed by atoms with van der Waals surface area (Å²) >= 11 is 3.31. The van der Waals surface area contributed by atoms with Crippen molar-refractivity contribution in [3.05, 3.63) is 82.3 Å². The molecule has 6 nitrogen and oxygen atoms in total. The molecular weight excluding hydrogens is 440 g/mol. The number of ether oxygens (including phenoxy) is 4. The molecule has 0 amide bonds. The van der Waals surface area contributed by atoms with Crippen LogP contribution in [0.1, 0.15) is 20.7 Å². The Hall–Kier alpha value is -3.32. The molecule has 29 heavy (non-hydrogen) atoms. The van der Waals surface area contributed by atoms with Gasteiger partial charge < -0.3 is 18.9 Å². The molecule has 0 aliphatic heterocycles. The first kappa shape index (κ1) is 20.4. The van der Waals surface area contributed by atoms with Crippen LogP contribution in [0.15, 0.2) is 71.2 Å². The molecular formula is C22H17BrO6. The molecule has 0 unspecified atom stereocenters. The average molecular weight is 457 g/mol. The van der Waals surface area contributed by atoms with E-state index in [0.29, 0.717) is 27.5 Å². The van der Waals surface area contributed by atoms with Crippen molar-refractivity contribution in [2.75, 3.05) is 14.2 Å². The molecule has 0 aliphatic carbocycles. The summed E-state index contributed by atoms with van der Waals surface area (Å²) in [6.07, 6.45) is 0. The first-order valence-corrected chi connectivity index (χ1v) is 9.31. The number of hydrogen-bond acceptors (Lipinski definition) is 6. The minimum atomic E-state index is -0.558. The molecule has 0 saturated heterocycles. The largest absolute Gasteiger partial charge is 0.497 e. The number of benzene rings is 3. The van der Waals surface area contributed by atoms with Gasteiger partial charge in [-0.05, 0) is 82.7 Å². The fourth-order valence-electron chi connectivity index (χ4n) is 2.42. The van der Waals surface area contributed by atoms with Crippen LogP contribution in [-0.4, -0.2) is 26.2 Å². The molecule has 0 atom stereocenters. The second-order valence-corrected chi connectivity index (χ2v) is 6.68. The molecule has 0 aliphatic rings. The lowest BCUT2D eigenvalue weighted by molar-refractivity contribution is 0.0719. The number of esters is 2. The number of rotatable bonds is 6. The van der Waals surface area contributed by atoms with Crippen molar-refractivity contribution in [3.8, 4) is 23.0 Å². The monoisotopic (exact) mass is 456 g/mol. The second-order valence-electron chi connectivity index (χ2n) is 5.82. The maximum absolute atomic E-state index is 12.4. The van der Waals surface area contributed by atoms with Crippen LogP contribution < -0.4 is 18.9 Å². The molecule has 7 heteroatoms. The summed E-state index contributed by atoms with van der Waals surface area (Å²) in [5.41, 5.74) is 0.565. The molecule has 0 radical (unpaired) electrons. The van der Waals surface area contributed by atoms with E-state index >= 15 is 0 Å². The van der Waals surface area contributed by atoms with Gasteiger partial charge in [-0.2, -0.15) is 0 Å². The van der Waals surface area contributed by atoms with Gasteiger partial charge in [0.1, 0.15) is 23.0 Å². The summed E-state index contributed by atoms with van der Waals surface area (Å²) in [5.74, 6) is 0.974. The van der Waals surface area contributed by atoms with Gasteiger partial charge in [-0.1, -0.05) is 0 Å². The van der Waals surface area contributed by atoms with E-state index in [-0.39, 0.29) is 11.1 Å². The van der Waals surface area contributed by atoms with Gasteiger partial charge in [0.2, 0.25) is 0 Å². The third-order valence-electron chi connectivity index (χ3n) is 3.96. The highest BCUT2D eigenvalue weighted by Crippen LogP contribution is 2.24. The minimum Gasteiger partial charge on any atom is -0.497 e. The lowest BCUT2D eigenvalue weighted by Gasteiger charge is -2.09. The van der Waals surface area contributed by atoms with Gasteiger partial charge in [0.05, 0.1) is 25.3 Å². The van der Waals surface area contributed by atoms with E-state index in [0.717, 1.165) is 0 Å². The first-order valence-electron chi connectivity index (χ1n) is 8.52. The number of carbonyl (C=O) groups is 2. The molecule has 0 bridgehead atoms. The van der Waals surface area contributed by atoms with Crippen LogP contribution in [0.2, 0.25) is 0 Å². The van der Waals surface area contributed by atoms with Crippen LogP contribution in [0.5, 0.6) is 23.0 Å². The molecule has 0 heterocycles. The maximum atomic E-state index is 12.4. The normalized spacial score (nSPS) is 10.2. The summed E-state index contributed by atoms with van der Waals surface area (Å²) < 4.78 is 21.2. The van der Waals surface area contributed by atoms with Crippen molar-refractivity contribution in [1.29, 1.82) is 0 Å². The van der Waals surface area contributed by atoms with Gasteiger partial charge in [-0.15, -0.1) is 0 Å². The second kappa shape index (κ2) is 9.25. The van der Waals surface area contributed by atoms with Crippen LogP contribution in [0.4, 0.5) is 0 Å². The molecule has 3 aromatic carbocycles. The van der Waals surface area contributed by atoms with E-state index in [1.54, 1.807) is 62.8 Å². The third-order valence-corrected chi connectivity index (χ3v) is 4.62. The SMILES string of the molecule is COc1ccc(OC(=O)c2ccc(C(=O)Oc3ccc(OC)cc3)c(Br)c2)cc1. The van der Waals surface area contributed by atoms with Crippen LogP contribution in [0.3, 0.4) is 0 Å². The predicted molar refractivity (Wildman–Crippen MR) is 110 cm³/mol. The van der Waals surface area contributed by atoms with E-state index in [9.17, 15) is 9.59 Å². The van der Waals surface area contributed by atoms with Crippen molar-refractivity contribution >= 4 is 27.9 Å². The smallest absolute Gasteiger partial charge is 0.344 e. The quantitative estimate of drug-likeness (QED) is 0.387. The average Bonchev–Trinajstić information content (AvgIpc) is 2.74. The van der Waals surface area contributed by atoms with Crippen LogP contribution in [0.25, 0.3) is 0 Å². The van der Waals surface area contributed by atoms with Crippen LogP contribution >= 0.6 is 15.9 Å². The van der Waals surface area contributed by atoms with Gasteiger partial charge in [-0.3, -0.25) is 0 Å². The molecule has 0 aromatic heterocycles. The molecule has 3 rings (SSSR count). The van der Waals surface area contributed by atoms with E-state index in [2.05, 4.69) is 15.9 Å². The highest BCUT2D eigenvalue weighted by molar-refractivity contribution is 9.10. The topological polar surface area (TPSA) is 71.1 Å². The number of hydrogen-bond donors (Lipinski definition) is 0. The first-order chi connectivity index (χ1) is 14.0. The van der Waals surface area contributed by atoms with Crippen LogP contribution in [0, 0.1) is 0 Å². The van der Waals surface area contributed by atoms with Gasteiger partial charge in [-0.25, -0.2) is 9.59 Å². The summed E-state index contributed by atoms with van der Waals surface area (Å²) in [4.78, 5) is 24.8. The Morgan fingerprint density at radius 2 is 1.10 bits per heavy atom. The Morgan fingerprint density at radius 1 is 0.655 bits per heavy atom. The van der Waals surface area contributed by atoms with Crippen molar-refractivity contribution in [1.82, 2.24) is 0 Å². The molecule has 3 aromatic rings. The predicted octanol–water partition coefficient (Wildman–Crippen LogP) is 4.90. The zero-order valence-corrected chi connectivity index (χ0v) is 17.3. The van der Waals surface area contributed by atoms with E-state index < -0.39 is 11.9 Å². The van der Waals surface area contributed by atoms with Crippen molar-refractivity contribution in [2.24, 2.45) is 0 Å². The number of halogens is 1. The Labute approximate surface area is 176 Å². The minimum absolute atomic E-state index is 0.279. The zero-order valence-electron chi connectivity index (χ0n) is 15.7. The third kappa shape index (κ3) is 5.14. The van der Waals surface area contributed by atoms with Gasteiger partial charge in [0.25, 0.3) is 0 Å². The molecule has 0 spiro atoms. The molecule has 0 saturated carbocycles. The molecule has 0 fully saturated rings. The van der Waals surface area contributed by atoms with Crippen LogP contribution in [-0.2, 0) is 0 Å². The van der Waals surface area contributed by atoms with Gasteiger partial charge >= 0.3 is 11.9 Å². The van der Waals surface area contributed by atoms with Gasteiger partial charge in [0.15, 0.2) is 0 Å². The highest BCUT2D eigenvalue weighted by Gasteiger charge is 2.16. The summed E-state index contributed by atoms with van der Waals surface area (Å²) in [6, 6.07) is 17.8. The van der Waals surface area contributed by atoms with Gasteiger partial charge in [0, 0.05) is 4.47 Å². The number of methoxy groups -OCH3 is 2. The summed E-state index contributed by atoms with van der Waals surface area (Å²) in [5, 5.41) is 0. The maximum Gasteiger partial charge on any atom is 0.344 e. The zero-order chi connectivity index (χ0) is 20.8. The highest BCUT2D eigenvalue weighted by atomic mass is 79.9. The summed E-state index contributed by atoms with van der Waals surface area (Å²) in [6.45, 7) is 0. The van der Waals surface area contributed by atoms with Crippen molar-refractivity contribution in [2.45, 2.75) is 0 Å². The Balaban J connectivity index is 1.69. The fourth-order valence-corrected chi connectivity index (χ4v) is 2.96. The lowest BCUT2D eigenvalue weighted by Crippen LogP contribution is -2.12. The van der Waals surface area contributed by atoms with Crippen molar-refractivity contribution < 1.29 is 28.5 Å². The summed E-state index contributed by atoms with van der Waals surface area (Å²) in [7, 11) is 3.11. The van der Waals surface area contributed by atoms with E-state index in [1.807, 2.05) is 0 Å². The lowest BCUT2D eigenvalue weighted by atomic mass is 10.1. The molecule has 0 N–H and O–H groups in total. The van der Waals surface area contributed by atoms with E-state index in [4.69, 9.17) is 18.9 Å². The Kier molecular flexibility index (Phi) is 6.51.